The van der Waals surface area contributed by atoms with Gasteiger partial charge in [-0.1, -0.05) is 133 Å². The molecule has 0 unspecified atom stereocenters. The van der Waals surface area contributed by atoms with E-state index in [1.165, 1.54) is 13.8 Å². The van der Waals surface area contributed by atoms with Crippen molar-refractivity contribution in [2.75, 3.05) is 13.2 Å². The Morgan fingerprint density at radius 1 is 0.458 bits per heavy atom. The number of rotatable bonds is 21. The molecule has 0 amide bonds. The third-order valence-electron chi connectivity index (χ3n) is 12.0. The number of aromatic amines is 1. The van der Waals surface area contributed by atoms with Crippen LogP contribution in [0.5, 0.6) is 5.75 Å². The molecule has 1 N–H and O–H groups in total. The molecule has 6 aromatic rings. The lowest BCUT2D eigenvalue weighted by atomic mass is 9.92. The number of esters is 4. The van der Waals surface area contributed by atoms with Crippen LogP contribution in [0.2, 0.25) is 0 Å². The Morgan fingerprint density at radius 3 is 1.46 bits per heavy atom. The first-order valence-electron chi connectivity index (χ1n) is 23.8. The fourth-order valence-electron chi connectivity index (χ4n) is 8.89. The summed E-state index contributed by atoms with van der Waals surface area (Å²) in [6.07, 6.45) is -11.6. The molecule has 0 saturated carbocycles. The predicted molar refractivity (Wildman–Crippen MR) is 260 cm³/mol. The summed E-state index contributed by atoms with van der Waals surface area (Å²) < 4.78 is 70.8. The van der Waals surface area contributed by atoms with Gasteiger partial charge in [-0.15, -0.1) is 0 Å². The zero-order valence-corrected chi connectivity index (χ0v) is 40.5. The van der Waals surface area contributed by atoms with Gasteiger partial charge in [0.15, 0.2) is 18.0 Å². The lowest BCUT2D eigenvalue weighted by Gasteiger charge is -2.46. The zero-order chi connectivity index (χ0) is 50.4. The first-order chi connectivity index (χ1) is 35.0. The summed E-state index contributed by atoms with van der Waals surface area (Å²) in [7, 11) is 0. The lowest BCUT2D eigenvalue weighted by molar-refractivity contribution is -0.289. The van der Waals surface area contributed by atoms with E-state index in [0.29, 0.717) is 16.6 Å². The number of carbonyl (C=O) groups is 4. The van der Waals surface area contributed by atoms with E-state index in [1.54, 1.807) is 0 Å². The quantitative estimate of drug-likeness (QED) is 0.0539. The van der Waals surface area contributed by atoms with Crippen LogP contribution < -0.4 is 4.74 Å². The van der Waals surface area contributed by atoms with Crippen LogP contribution in [0.25, 0.3) is 10.9 Å². The van der Waals surface area contributed by atoms with E-state index in [2.05, 4.69) is 4.98 Å². The molecule has 1 aromatic heterocycles. The normalized spacial score (nSPS) is 23.9. The van der Waals surface area contributed by atoms with E-state index in [0.717, 1.165) is 36.1 Å². The molecule has 72 heavy (non-hydrogen) atoms. The molecule has 0 aliphatic carbocycles. The molecule has 378 valence electrons. The first kappa shape index (κ1) is 51.4. The number of ether oxygens (including phenoxy) is 11. The molecule has 0 bridgehead atoms. The molecule has 2 fully saturated rings. The maximum absolute atomic E-state index is 12.9. The SMILES string of the molecule is CC(=O)OC[C@H]1O[C@@H](Oc2c([C@H]3O[C@H](COCc4ccccc4)[C@H](OCc4ccccc4)[C@H](OCc4ccccc4)[C@H]3OCc3ccccc3)[nH]c3ccccc23)[C@@H](OC(C)=O)[C@@H](OC(C)=O)[C@@H]1OC(C)=O. The van der Waals surface area contributed by atoms with Crippen molar-refractivity contribution < 1.29 is 71.3 Å². The van der Waals surface area contributed by atoms with Crippen molar-refractivity contribution in [3.8, 4) is 5.75 Å². The highest BCUT2D eigenvalue weighted by molar-refractivity contribution is 5.88. The van der Waals surface area contributed by atoms with Gasteiger partial charge in [-0.3, -0.25) is 19.2 Å². The number of hydrogen-bond donors (Lipinski definition) is 1. The standard InChI is InChI=1S/C56H59NO15/c1-35(58)63-34-46-50(67-36(2)59)54(68-37(3)60)55(69-38(4)61)56(71-46)72-48-43-27-17-18-28-44(43)57-47(48)51-53(66-32-42-25-15-8-16-26-42)52(65-31-41-23-13-7-14-24-41)49(64-30-40-21-11-6-12-22-40)45(70-51)33-62-29-39-19-9-5-10-20-39/h5-28,45-46,49-57H,29-34H2,1-4H3/t45-,46-,49+,50-,51-,52+,53+,54+,55+,56+/m1/s1. The Balaban J connectivity index is 1.25. The van der Waals surface area contributed by atoms with Crippen molar-refractivity contribution in [3.63, 3.8) is 0 Å². The topological polar surface area (TPSA) is 186 Å². The molecule has 16 heteroatoms. The van der Waals surface area contributed by atoms with Crippen LogP contribution in [0.1, 0.15) is 61.7 Å². The molecular formula is C56H59NO15. The van der Waals surface area contributed by atoms with Crippen molar-refractivity contribution >= 4 is 34.8 Å². The molecule has 16 nitrogen and oxygen atoms in total. The Labute approximate surface area is 417 Å². The van der Waals surface area contributed by atoms with Crippen LogP contribution in [0.4, 0.5) is 0 Å². The van der Waals surface area contributed by atoms with Crippen molar-refractivity contribution in [1.29, 1.82) is 0 Å². The van der Waals surface area contributed by atoms with E-state index >= 15 is 0 Å². The molecule has 3 heterocycles. The second-order valence-electron chi connectivity index (χ2n) is 17.5. The smallest absolute Gasteiger partial charge is 0.303 e. The largest absolute Gasteiger partial charge is 0.463 e. The number of benzene rings is 5. The minimum absolute atomic E-state index is 0.0670. The van der Waals surface area contributed by atoms with Crippen LogP contribution in [0.3, 0.4) is 0 Å². The lowest BCUT2D eigenvalue weighted by Crippen LogP contribution is -2.63. The van der Waals surface area contributed by atoms with E-state index in [9.17, 15) is 19.2 Å². The number of carbonyl (C=O) groups excluding carboxylic acids is 4. The maximum Gasteiger partial charge on any atom is 0.303 e. The van der Waals surface area contributed by atoms with Crippen LogP contribution in [0.15, 0.2) is 146 Å². The van der Waals surface area contributed by atoms with Gasteiger partial charge in [0.2, 0.25) is 12.4 Å². The average molecular weight is 986 g/mol. The number of aromatic nitrogens is 1. The average Bonchev–Trinajstić information content (AvgIpc) is 3.74. The first-order valence-corrected chi connectivity index (χ1v) is 23.8. The maximum atomic E-state index is 12.9. The molecule has 10 atom stereocenters. The van der Waals surface area contributed by atoms with Gasteiger partial charge in [0.25, 0.3) is 0 Å². The Hall–Kier alpha value is -6.92. The number of hydrogen-bond acceptors (Lipinski definition) is 15. The van der Waals surface area contributed by atoms with E-state index in [-0.39, 0.29) is 38.8 Å². The summed E-state index contributed by atoms with van der Waals surface area (Å²) in [5, 5.41) is 0.562. The molecule has 0 spiro atoms. The summed E-state index contributed by atoms with van der Waals surface area (Å²) in [5.41, 5.74) is 4.70. The summed E-state index contributed by atoms with van der Waals surface area (Å²) in [6.45, 7) is 5.13. The summed E-state index contributed by atoms with van der Waals surface area (Å²) in [4.78, 5) is 54.0. The predicted octanol–water partition coefficient (Wildman–Crippen LogP) is 8.04. The third kappa shape index (κ3) is 13.5. The van der Waals surface area contributed by atoms with Gasteiger partial charge < -0.3 is 57.1 Å². The van der Waals surface area contributed by atoms with Crippen LogP contribution >= 0.6 is 0 Å². The molecule has 0 radical (unpaired) electrons. The van der Waals surface area contributed by atoms with Crippen molar-refractivity contribution in [2.45, 2.75) is 115 Å². The number of para-hydroxylation sites is 1. The van der Waals surface area contributed by atoms with Gasteiger partial charge in [-0.2, -0.15) is 0 Å². The van der Waals surface area contributed by atoms with Gasteiger partial charge in [0, 0.05) is 38.6 Å². The molecule has 2 saturated heterocycles. The summed E-state index contributed by atoms with van der Waals surface area (Å²) in [5.74, 6) is -2.79. The Morgan fingerprint density at radius 2 is 0.917 bits per heavy atom. The van der Waals surface area contributed by atoms with Gasteiger partial charge in [0.05, 0.1) is 38.7 Å². The van der Waals surface area contributed by atoms with E-state index < -0.39 is 91.7 Å². The van der Waals surface area contributed by atoms with Crippen LogP contribution in [-0.2, 0) is 93.0 Å². The second kappa shape index (κ2) is 25.0. The molecule has 5 aromatic carbocycles. The third-order valence-corrected chi connectivity index (χ3v) is 12.0. The highest BCUT2D eigenvalue weighted by Crippen LogP contribution is 2.45. The summed E-state index contributed by atoms with van der Waals surface area (Å²) >= 11 is 0. The van der Waals surface area contributed by atoms with E-state index in [1.807, 2.05) is 146 Å². The van der Waals surface area contributed by atoms with E-state index in [4.69, 9.17) is 52.1 Å². The number of fused-ring (bicyclic) bond motifs is 1. The van der Waals surface area contributed by atoms with Gasteiger partial charge in [0.1, 0.15) is 43.2 Å². The summed E-state index contributed by atoms with van der Waals surface area (Å²) in [6, 6.07) is 46.5. The minimum atomic E-state index is -1.58. The molecule has 8 rings (SSSR count). The monoisotopic (exact) mass is 985 g/mol. The van der Waals surface area contributed by atoms with Crippen molar-refractivity contribution in [2.24, 2.45) is 0 Å². The molecule has 2 aliphatic heterocycles. The number of nitrogens with one attached hydrogen (secondary N) is 1. The van der Waals surface area contributed by atoms with Gasteiger partial charge in [-0.25, -0.2) is 0 Å². The second-order valence-corrected chi connectivity index (χ2v) is 17.5. The Bertz CT molecular complexity index is 2680. The zero-order valence-electron chi connectivity index (χ0n) is 40.5. The minimum Gasteiger partial charge on any atom is -0.463 e. The fourth-order valence-corrected chi connectivity index (χ4v) is 8.89. The highest BCUT2D eigenvalue weighted by Gasteiger charge is 2.55. The highest BCUT2D eigenvalue weighted by atomic mass is 16.7. The van der Waals surface area contributed by atoms with Crippen molar-refractivity contribution in [3.05, 3.63) is 174 Å². The van der Waals surface area contributed by atoms with Crippen LogP contribution in [0, 0.1) is 0 Å². The fraction of sp³-hybridized carbons (Fsp3) is 0.357. The molecular weight excluding hydrogens is 927 g/mol. The van der Waals surface area contributed by atoms with Gasteiger partial charge >= 0.3 is 23.9 Å². The van der Waals surface area contributed by atoms with Crippen molar-refractivity contribution in [1.82, 2.24) is 4.98 Å². The van der Waals surface area contributed by atoms with Gasteiger partial charge in [-0.05, 0) is 34.4 Å². The van der Waals surface area contributed by atoms with Crippen LogP contribution in [-0.4, -0.2) is 97.2 Å². The number of H-pyrrole nitrogens is 1. The Kier molecular flexibility index (Phi) is 17.8. The molecule has 2 aliphatic rings.